The van der Waals surface area contributed by atoms with Crippen LogP contribution in [0.15, 0.2) is 36.7 Å². The highest BCUT2D eigenvalue weighted by Gasteiger charge is 2.47. The number of aliphatic carboxylic acids is 1. The van der Waals surface area contributed by atoms with Crippen molar-refractivity contribution in [3.8, 4) is 6.07 Å². The van der Waals surface area contributed by atoms with Crippen LogP contribution in [0.3, 0.4) is 0 Å². The van der Waals surface area contributed by atoms with Gasteiger partial charge in [0.2, 0.25) is 29.5 Å². The number of benzene rings is 1. The lowest BCUT2D eigenvalue weighted by atomic mass is 10.1. The standard InChI is InChI=1S/C34H40F2N12O8/c35-34(36)13-20(14-37)48(18-34)29(52)16-42-32(54)22-9-10-40-30-21(22)4-3-6-24(30)43-27(50)8-7-26(49)41-15-19-17-47(46-45-19)11-2-1-5-25(31(39)53)44-28(51)12-23(38)33(55)56/h3-4,6,9-10,17,20,23,25H,1-2,5,7-8,11-13,15-16,18,38H2,(H2,39,53)(H,41,49)(H,42,54)(H,43,50)(H,44,51)(H,55,56)/t20-,23-,25-/m0/s1. The van der Waals surface area contributed by atoms with E-state index in [2.05, 4.69) is 36.6 Å². The van der Waals surface area contributed by atoms with Crippen molar-refractivity contribution in [2.45, 2.75) is 82.1 Å². The summed E-state index contributed by atoms with van der Waals surface area (Å²) in [4.78, 5) is 90.3. The number of nitriles is 1. The molecule has 0 unspecified atom stereocenters. The number of carbonyl (C=O) groups is 7. The Labute approximate surface area is 317 Å². The van der Waals surface area contributed by atoms with Crippen molar-refractivity contribution in [3.05, 3.63) is 47.9 Å². The van der Waals surface area contributed by atoms with Gasteiger partial charge in [-0.1, -0.05) is 17.3 Å². The highest BCUT2D eigenvalue weighted by molar-refractivity contribution is 6.10. The number of nitrogens with zero attached hydrogens (tertiary/aromatic N) is 6. The SMILES string of the molecule is N#C[C@@H]1CC(F)(F)CN1C(=O)CNC(=O)c1ccnc2c(NC(=O)CCC(=O)NCc3cn(CCCC[C@H](NC(=O)C[C@H](N)C(=O)O)C(N)=O)nn3)cccc12. The number of primary amides is 1. The zero-order valence-corrected chi connectivity index (χ0v) is 29.9. The number of alkyl halides is 2. The third-order valence-electron chi connectivity index (χ3n) is 8.59. The predicted octanol–water partition coefficient (Wildman–Crippen LogP) is -0.707. The molecular formula is C34H40F2N12O8. The number of aromatic nitrogens is 4. The first-order valence-corrected chi connectivity index (χ1v) is 17.3. The van der Waals surface area contributed by atoms with Gasteiger partial charge in [-0.05, 0) is 31.4 Å². The average molecular weight is 783 g/mol. The summed E-state index contributed by atoms with van der Waals surface area (Å²) in [5.74, 6) is -8.53. The van der Waals surface area contributed by atoms with Crippen molar-refractivity contribution >= 4 is 58.0 Å². The number of halogens is 2. The molecule has 6 amide bonds. The molecule has 20 nitrogen and oxygen atoms in total. The van der Waals surface area contributed by atoms with Crippen LogP contribution >= 0.6 is 0 Å². The van der Waals surface area contributed by atoms with Gasteiger partial charge in [0.25, 0.3) is 11.8 Å². The number of unbranched alkanes of at least 4 members (excludes halogenated alkanes) is 1. The molecule has 1 fully saturated rings. The fourth-order valence-corrected chi connectivity index (χ4v) is 5.72. The molecule has 4 rings (SSSR count). The summed E-state index contributed by atoms with van der Waals surface area (Å²) in [6.45, 7) is -1.11. The quantitative estimate of drug-likeness (QED) is 0.0741. The zero-order valence-electron chi connectivity index (χ0n) is 29.9. The lowest BCUT2D eigenvalue weighted by Gasteiger charge is -2.19. The molecule has 1 aromatic carbocycles. The number of anilines is 1. The first-order chi connectivity index (χ1) is 26.6. The maximum Gasteiger partial charge on any atom is 0.321 e. The van der Waals surface area contributed by atoms with Gasteiger partial charge >= 0.3 is 5.97 Å². The molecule has 0 bridgehead atoms. The average Bonchev–Trinajstić information content (AvgIpc) is 3.75. The number of carboxylic acids is 1. The molecule has 0 radical (unpaired) electrons. The second kappa shape index (κ2) is 19.1. The van der Waals surface area contributed by atoms with E-state index in [4.69, 9.17) is 21.8 Å². The van der Waals surface area contributed by atoms with Crippen molar-refractivity contribution < 1.29 is 47.4 Å². The van der Waals surface area contributed by atoms with Crippen LogP contribution in [-0.4, -0.2) is 109 Å². The lowest BCUT2D eigenvalue weighted by Crippen LogP contribution is -2.46. The molecule has 3 heterocycles. The van der Waals surface area contributed by atoms with E-state index >= 15 is 0 Å². The summed E-state index contributed by atoms with van der Waals surface area (Å²) in [6.07, 6.45) is 2.45. The monoisotopic (exact) mass is 782 g/mol. The molecular weight excluding hydrogens is 742 g/mol. The van der Waals surface area contributed by atoms with Gasteiger partial charge in [-0.3, -0.25) is 43.2 Å². The summed E-state index contributed by atoms with van der Waals surface area (Å²) >= 11 is 0. The number of nitrogens with two attached hydrogens (primary N) is 2. The number of hydrogen-bond donors (Lipinski definition) is 7. The fraction of sp³-hybridized carbons (Fsp3) is 0.441. The van der Waals surface area contributed by atoms with E-state index in [1.807, 2.05) is 0 Å². The van der Waals surface area contributed by atoms with E-state index in [0.717, 1.165) is 4.90 Å². The van der Waals surface area contributed by atoms with Gasteiger partial charge in [0.1, 0.15) is 23.8 Å². The van der Waals surface area contributed by atoms with Crippen molar-refractivity contribution in [1.82, 2.24) is 40.8 Å². The van der Waals surface area contributed by atoms with Crippen LogP contribution in [0.4, 0.5) is 14.5 Å². The topological polar surface area (TPSA) is 311 Å². The number of pyridine rings is 1. The molecule has 9 N–H and O–H groups in total. The molecule has 3 aromatic rings. The minimum Gasteiger partial charge on any atom is -0.480 e. The Bertz CT molecular complexity index is 2020. The first kappa shape index (κ1) is 42.1. The van der Waals surface area contributed by atoms with E-state index in [9.17, 15) is 42.3 Å². The van der Waals surface area contributed by atoms with Crippen LogP contribution < -0.4 is 32.7 Å². The molecule has 298 valence electrons. The summed E-state index contributed by atoms with van der Waals surface area (Å²) in [7, 11) is 0. The van der Waals surface area contributed by atoms with Gasteiger partial charge in [0, 0.05) is 37.4 Å². The Morgan fingerprint density at radius 1 is 1.05 bits per heavy atom. The molecule has 2 aromatic heterocycles. The third-order valence-corrected chi connectivity index (χ3v) is 8.59. The second-order valence-corrected chi connectivity index (χ2v) is 12.9. The van der Waals surface area contributed by atoms with Crippen molar-refractivity contribution in [2.75, 3.05) is 18.4 Å². The number of rotatable bonds is 19. The fourth-order valence-electron chi connectivity index (χ4n) is 5.72. The molecule has 22 heteroatoms. The van der Waals surface area contributed by atoms with E-state index in [1.54, 1.807) is 30.5 Å². The predicted molar refractivity (Wildman–Crippen MR) is 190 cm³/mol. The summed E-state index contributed by atoms with van der Waals surface area (Å²) in [5, 5.41) is 36.4. The Morgan fingerprint density at radius 3 is 2.52 bits per heavy atom. The number of amides is 6. The van der Waals surface area contributed by atoms with Gasteiger partial charge in [-0.2, -0.15) is 5.26 Å². The molecule has 56 heavy (non-hydrogen) atoms. The van der Waals surface area contributed by atoms with E-state index in [-0.39, 0.29) is 42.6 Å². The maximum atomic E-state index is 13.7. The minimum atomic E-state index is -3.20. The third kappa shape index (κ3) is 11.9. The smallest absolute Gasteiger partial charge is 0.321 e. The van der Waals surface area contributed by atoms with Crippen LogP contribution in [0.25, 0.3) is 10.9 Å². The van der Waals surface area contributed by atoms with E-state index < -0.39 is 91.4 Å². The number of para-hydroxylation sites is 1. The lowest BCUT2D eigenvalue weighted by molar-refractivity contribution is -0.140. The molecule has 1 saturated heterocycles. The number of aryl methyl sites for hydroxylation is 1. The Balaban J connectivity index is 1.19. The normalized spacial score (nSPS) is 15.6. The van der Waals surface area contributed by atoms with E-state index in [1.165, 1.54) is 16.9 Å². The number of hydrogen-bond acceptors (Lipinski definition) is 12. The molecule has 1 aliphatic rings. The number of carbonyl (C=O) groups excluding carboxylic acids is 6. The molecule has 1 aliphatic heterocycles. The van der Waals surface area contributed by atoms with Crippen molar-refractivity contribution in [2.24, 2.45) is 11.5 Å². The van der Waals surface area contributed by atoms with Crippen LogP contribution in [0.5, 0.6) is 0 Å². The van der Waals surface area contributed by atoms with Crippen LogP contribution in [0, 0.1) is 11.3 Å². The highest BCUT2D eigenvalue weighted by Crippen LogP contribution is 2.31. The van der Waals surface area contributed by atoms with Gasteiger partial charge in [-0.15, -0.1) is 5.10 Å². The van der Waals surface area contributed by atoms with Gasteiger partial charge in [0.05, 0.1) is 55.1 Å². The number of nitrogens with one attached hydrogen (secondary N) is 4. The van der Waals surface area contributed by atoms with Crippen molar-refractivity contribution in [3.63, 3.8) is 0 Å². The van der Waals surface area contributed by atoms with Crippen LogP contribution in [-0.2, 0) is 41.9 Å². The maximum absolute atomic E-state index is 13.7. The van der Waals surface area contributed by atoms with E-state index in [0.29, 0.717) is 30.5 Å². The second-order valence-electron chi connectivity index (χ2n) is 12.9. The number of likely N-dealkylation sites (tertiary alicyclic amines) is 1. The molecule has 3 atom stereocenters. The molecule has 0 spiro atoms. The summed E-state index contributed by atoms with van der Waals surface area (Å²) in [5.41, 5.74) is 11.7. The summed E-state index contributed by atoms with van der Waals surface area (Å²) in [6, 6.07) is 4.03. The molecule has 0 aliphatic carbocycles. The Kier molecular flexibility index (Phi) is 14.4. The Hall–Kier alpha value is -6.63. The van der Waals surface area contributed by atoms with Gasteiger partial charge < -0.3 is 42.7 Å². The Morgan fingerprint density at radius 2 is 1.80 bits per heavy atom. The highest BCUT2D eigenvalue weighted by atomic mass is 19.3. The number of fused-ring (bicyclic) bond motifs is 1. The minimum absolute atomic E-state index is 0.0296. The summed E-state index contributed by atoms with van der Waals surface area (Å²) < 4.78 is 29.0. The molecule has 0 saturated carbocycles. The van der Waals surface area contributed by atoms with Crippen LogP contribution in [0.2, 0.25) is 0 Å². The van der Waals surface area contributed by atoms with Crippen LogP contribution in [0.1, 0.15) is 61.0 Å². The zero-order chi connectivity index (χ0) is 41.0. The van der Waals surface area contributed by atoms with Gasteiger partial charge in [0.15, 0.2) is 0 Å². The number of carboxylic acid groups (broad SMARTS) is 1. The first-order valence-electron chi connectivity index (χ1n) is 17.3. The largest absolute Gasteiger partial charge is 0.480 e. The van der Waals surface area contributed by atoms with Crippen molar-refractivity contribution in [1.29, 1.82) is 5.26 Å². The van der Waals surface area contributed by atoms with Gasteiger partial charge in [-0.25, -0.2) is 8.78 Å².